The lowest BCUT2D eigenvalue weighted by molar-refractivity contribution is 0.261. The van der Waals surface area contributed by atoms with Gasteiger partial charge in [0.05, 0.1) is 7.11 Å². The lowest BCUT2D eigenvalue weighted by atomic mass is 10.2. The molecule has 108 valence electrons. The molecule has 7 nitrogen and oxygen atoms in total. The highest BCUT2D eigenvalue weighted by Gasteiger charge is 2.08. The van der Waals surface area contributed by atoms with Gasteiger partial charge in [-0.05, 0) is 20.4 Å². The van der Waals surface area contributed by atoms with Crippen LogP contribution in [0.1, 0.15) is 20.3 Å². The van der Waals surface area contributed by atoms with E-state index in [0.717, 1.165) is 19.5 Å². The number of nitrogens with zero attached hydrogens (tertiary/aromatic N) is 4. The number of ether oxygens (including phenoxy) is 1. The maximum absolute atomic E-state index is 5.03. The first-order chi connectivity index (χ1) is 9.10. The van der Waals surface area contributed by atoms with Crippen molar-refractivity contribution in [2.24, 2.45) is 0 Å². The predicted molar refractivity (Wildman–Crippen MR) is 76.8 cm³/mol. The Bertz CT molecular complexity index is 364. The first kappa shape index (κ1) is 15.4. The zero-order chi connectivity index (χ0) is 14.3. The maximum Gasteiger partial charge on any atom is 0.322 e. The highest BCUT2D eigenvalue weighted by atomic mass is 16.5. The minimum atomic E-state index is 0.303. The number of hydrogen-bond donors (Lipinski definition) is 2. The van der Waals surface area contributed by atoms with Gasteiger partial charge in [-0.15, -0.1) is 0 Å². The number of rotatable bonds is 8. The second-order valence-corrected chi connectivity index (χ2v) is 4.38. The van der Waals surface area contributed by atoms with E-state index < -0.39 is 0 Å². The summed E-state index contributed by atoms with van der Waals surface area (Å²) in [5.74, 6) is 1.01. The zero-order valence-electron chi connectivity index (χ0n) is 12.4. The summed E-state index contributed by atoms with van der Waals surface area (Å²) in [7, 11) is 5.41. The highest BCUT2D eigenvalue weighted by molar-refractivity contribution is 5.35. The molecule has 7 heteroatoms. The standard InChI is InChI=1S/C12H24N6O/c1-6-9(2)18(4)8-7-14-11-15-10(13-3)16-12(17-11)19-5/h9H,6-8H2,1-5H3,(H2,13,14,15,16,17). The molecule has 19 heavy (non-hydrogen) atoms. The van der Waals surface area contributed by atoms with Crippen LogP contribution in [0.3, 0.4) is 0 Å². The summed E-state index contributed by atoms with van der Waals surface area (Å²) < 4.78 is 5.03. The third-order valence-corrected chi connectivity index (χ3v) is 3.11. The Kier molecular flexibility index (Phi) is 6.27. The van der Waals surface area contributed by atoms with Crippen molar-refractivity contribution in [1.82, 2.24) is 19.9 Å². The van der Waals surface area contributed by atoms with Gasteiger partial charge in [0.2, 0.25) is 11.9 Å². The van der Waals surface area contributed by atoms with Gasteiger partial charge in [-0.2, -0.15) is 15.0 Å². The first-order valence-electron chi connectivity index (χ1n) is 6.52. The van der Waals surface area contributed by atoms with Gasteiger partial charge in [-0.25, -0.2) is 0 Å². The molecule has 0 saturated heterocycles. The molecule has 0 spiro atoms. The van der Waals surface area contributed by atoms with Gasteiger partial charge in [0.25, 0.3) is 0 Å². The van der Waals surface area contributed by atoms with Gasteiger partial charge < -0.3 is 20.3 Å². The van der Waals surface area contributed by atoms with Crippen molar-refractivity contribution in [3.05, 3.63) is 0 Å². The molecule has 1 aromatic heterocycles. The molecule has 2 N–H and O–H groups in total. The van der Waals surface area contributed by atoms with Crippen LogP contribution in [0.15, 0.2) is 0 Å². The summed E-state index contributed by atoms with van der Waals surface area (Å²) in [5.41, 5.74) is 0. The Balaban J connectivity index is 2.53. The molecular formula is C12H24N6O. The number of nitrogens with one attached hydrogen (secondary N) is 2. The van der Waals surface area contributed by atoms with Crippen LogP contribution in [-0.4, -0.2) is 60.2 Å². The molecule has 0 saturated carbocycles. The Hall–Kier alpha value is -1.63. The molecule has 1 heterocycles. The molecule has 0 bridgehead atoms. The molecule has 0 aliphatic heterocycles. The monoisotopic (exact) mass is 268 g/mol. The lowest BCUT2D eigenvalue weighted by Gasteiger charge is -2.23. The van der Waals surface area contributed by atoms with E-state index in [4.69, 9.17) is 4.74 Å². The molecule has 1 atom stereocenters. The maximum atomic E-state index is 5.03. The summed E-state index contributed by atoms with van der Waals surface area (Å²) in [4.78, 5) is 14.7. The molecular weight excluding hydrogens is 244 g/mol. The molecule has 1 rings (SSSR count). The smallest absolute Gasteiger partial charge is 0.322 e. The third-order valence-electron chi connectivity index (χ3n) is 3.11. The SMILES string of the molecule is CCC(C)N(C)CCNc1nc(NC)nc(OC)n1. The van der Waals surface area contributed by atoms with E-state index in [-0.39, 0.29) is 0 Å². The average Bonchev–Trinajstić information content (AvgIpc) is 2.45. The topological polar surface area (TPSA) is 75.2 Å². The Labute approximate surface area is 114 Å². The van der Waals surface area contributed by atoms with Crippen LogP contribution in [0, 0.1) is 0 Å². The second-order valence-electron chi connectivity index (χ2n) is 4.38. The van der Waals surface area contributed by atoms with E-state index in [1.165, 1.54) is 7.11 Å². The van der Waals surface area contributed by atoms with Crippen molar-refractivity contribution >= 4 is 11.9 Å². The van der Waals surface area contributed by atoms with E-state index in [0.29, 0.717) is 23.9 Å². The number of anilines is 2. The quantitative estimate of drug-likeness (QED) is 0.730. The number of aromatic nitrogens is 3. The van der Waals surface area contributed by atoms with Crippen molar-refractivity contribution in [1.29, 1.82) is 0 Å². The summed E-state index contributed by atoms with van der Waals surface area (Å²) in [5, 5.41) is 6.06. The molecule has 0 aliphatic carbocycles. The molecule has 1 aromatic rings. The van der Waals surface area contributed by atoms with Crippen LogP contribution in [0.2, 0.25) is 0 Å². The highest BCUT2D eigenvalue weighted by Crippen LogP contribution is 2.09. The molecule has 0 radical (unpaired) electrons. The van der Waals surface area contributed by atoms with E-state index in [1.54, 1.807) is 7.05 Å². The van der Waals surface area contributed by atoms with Gasteiger partial charge >= 0.3 is 6.01 Å². The molecule has 1 unspecified atom stereocenters. The van der Waals surface area contributed by atoms with E-state index in [1.807, 2.05) is 0 Å². The first-order valence-corrected chi connectivity index (χ1v) is 6.52. The normalized spacial score (nSPS) is 12.3. The fourth-order valence-electron chi connectivity index (χ4n) is 1.51. The summed E-state index contributed by atoms with van der Waals surface area (Å²) >= 11 is 0. The third kappa shape index (κ3) is 4.86. The number of hydrogen-bond acceptors (Lipinski definition) is 7. The van der Waals surface area contributed by atoms with E-state index >= 15 is 0 Å². The molecule has 0 fully saturated rings. The van der Waals surface area contributed by atoms with Crippen molar-refractivity contribution in [3.8, 4) is 6.01 Å². The Morgan fingerprint density at radius 3 is 2.53 bits per heavy atom. The summed E-state index contributed by atoms with van der Waals surface area (Å²) in [6.07, 6.45) is 1.14. The van der Waals surface area contributed by atoms with Gasteiger partial charge in [-0.1, -0.05) is 6.92 Å². The van der Waals surface area contributed by atoms with E-state index in [9.17, 15) is 0 Å². The van der Waals surface area contributed by atoms with Gasteiger partial charge in [0.15, 0.2) is 0 Å². The fourth-order valence-corrected chi connectivity index (χ4v) is 1.51. The average molecular weight is 268 g/mol. The Morgan fingerprint density at radius 1 is 1.26 bits per heavy atom. The number of methoxy groups -OCH3 is 1. The van der Waals surface area contributed by atoms with Crippen LogP contribution in [0.25, 0.3) is 0 Å². The van der Waals surface area contributed by atoms with Crippen LogP contribution < -0.4 is 15.4 Å². The van der Waals surface area contributed by atoms with Gasteiger partial charge in [0, 0.05) is 26.2 Å². The van der Waals surface area contributed by atoms with Gasteiger partial charge in [-0.3, -0.25) is 0 Å². The van der Waals surface area contributed by atoms with Crippen LogP contribution in [0.5, 0.6) is 6.01 Å². The summed E-state index contributed by atoms with van der Waals surface area (Å²) in [6.45, 7) is 6.10. The minimum absolute atomic E-state index is 0.303. The van der Waals surface area contributed by atoms with Crippen LogP contribution in [0.4, 0.5) is 11.9 Å². The fraction of sp³-hybridized carbons (Fsp3) is 0.750. The largest absolute Gasteiger partial charge is 0.467 e. The van der Waals surface area contributed by atoms with Crippen molar-refractivity contribution in [2.75, 3.05) is 44.9 Å². The predicted octanol–water partition coefficient (Wildman–Crippen LogP) is 1.06. The van der Waals surface area contributed by atoms with Crippen molar-refractivity contribution in [3.63, 3.8) is 0 Å². The zero-order valence-corrected chi connectivity index (χ0v) is 12.4. The lowest BCUT2D eigenvalue weighted by Crippen LogP contribution is -2.33. The van der Waals surface area contributed by atoms with Crippen LogP contribution in [-0.2, 0) is 0 Å². The van der Waals surface area contributed by atoms with Crippen LogP contribution >= 0.6 is 0 Å². The summed E-state index contributed by atoms with van der Waals surface area (Å²) in [6, 6.07) is 0.875. The molecule has 0 amide bonds. The minimum Gasteiger partial charge on any atom is -0.467 e. The number of likely N-dealkylation sites (N-methyl/N-ethyl adjacent to an activating group) is 1. The molecule has 0 aliphatic rings. The van der Waals surface area contributed by atoms with Crippen molar-refractivity contribution in [2.45, 2.75) is 26.3 Å². The molecule has 0 aromatic carbocycles. The van der Waals surface area contributed by atoms with E-state index in [2.05, 4.69) is 51.4 Å². The Morgan fingerprint density at radius 2 is 1.95 bits per heavy atom. The van der Waals surface area contributed by atoms with Gasteiger partial charge in [0.1, 0.15) is 0 Å². The second kappa shape index (κ2) is 7.73. The van der Waals surface area contributed by atoms with Crippen molar-refractivity contribution < 1.29 is 4.74 Å².